The average molecular weight is 455 g/mol. The number of benzene rings is 1. The van der Waals surface area contributed by atoms with E-state index in [0.717, 1.165) is 17.3 Å². The topological polar surface area (TPSA) is 156 Å². The molecular weight excluding hydrogens is 438 g/mol. The molecule has 11 nitrogen and oxygen atoms in total. The fourth-order valence-corrected chi connectivity index (χ4v) is 4.96. The van der Waals surface area contributed by atoms with Crippen LogP contribution in [0.5, 0.6) is 0 Å². The highest BCUT2D eigenvalue weighted by molar-refractivity contribution is 8.03. The second kappa shape index (κ2) is 8.38. The molecule has 0 saturated carbocycles. The summed E-state index contributed by atoms with van der Waals surface area (Å²) in [6.07, 6.45) is 2.05. The molecule has 1 aromatic heterocycles. The number of carboxylic acid groups (broad SMARTS) is 1. The van der Waals surface area contributed by atoms with Crippen molar-refractivity contribution in [2.75, 3.05) is 5.32 Å². The molecule has 0 aliphatic carbocycles. The minimum absolute atomic E-state index is 0.0415. The first-order chi connectivity index (χ1) is 15.2. The fraction of sp³-hybridized carbons (Fsp3) is 0.250. The van der Waals surface area contributed by atoms with Gasteiger partial charge in [0.1, 0.15) is 11.5 Å². The largest absolute Gasteiger partial charge is 0.477 e. The van der Waals surface area contributed by atoms with Gasteiger partial charge in [-0.05, 0) is 18.1 Å². The molecular formula is C20H17N5O6S. The number of nitrogens with one attached hydrogen (secondary N) is 1. The van der Waals surface area contributed by atoms with Crippen LogP contribution in [0.2, 0.25) is 0 Å². The quantitative estimate of drug-likeness (QED) is 0.276. The number of nitrogens with zero attached hydrogens (tertiary/aromatic N) is 4. The van der Waals surface area contributed by atoms with Gasteiger partial charge in [0.05, 0.1) is 11.0 Å². The number of carboxylic acids is 1. The van der Waals surface area contributed by atoms with Crippen molar-refractivity contribution in [1.29, 1.82) is 0 Å². The Balaban J connectivity index is 1.67. The van der Waals surface area contributed by atoms with Crippen LogP contribution in [0.25, 0.3) is 0 Å². The summed E-state index contributed by atoms with van der Waals surface area (Å²) in [5.74, 6) is -1.87. The molecule has 1 fully saturated rings. The number of thioether (sulfide) groups is 1. The minimum atomic E-state index is -1.23. The number of rotatable bonds is 7. The summed E-state index contributed by atoms with van der Waals surface area (Å²) in [6.45, 7) is 1.34. The zero-order valence-corrected chi connectivity index (χ0v) is 17.5. The maximum Gasteiger partial charge on any atom is 0.353 e. The van der Waals surface area contributed by atoms with Crippen molar-refractivity contribution in [3.63, 3.8) is 0 Å². The Labute approximate surface area is 185 Å². The third-order valence-corrected chi connectivity index (χ3v) is 6.30. The van der Waals surface area contributed by atoms with Crippen LogP contribution in [0.4, 0.5) is 11.5 Å². The summed E-state index contributed by atoms with van der Waals surface area (Å²) >= 11 is 1.04. The Morgan fingerprint density at radius 2 is 2.03 bits per heavy atom. The lowest BCUT2D eigenvalue weighted by Crippen LogP contribution is -2.52. The van der Waals surface area contributed by atoms with Crippen molar-refractivity contribution in [3.8, 4) is 0 Å². The lowest BCUT2D eigenvalue weighted by Gasteiger charge is -2.38. The second-order valence-corrected chi connectivity index (χ2v) is 8.30. The molecule has 0 radical (unpaired) electrons. The Bertz CT molecular complexity index is 1170. The highest BCUT2D eigenvalue weighted by Gasteiger charge is 2.53. The summed E-state index contributed by atoms with van der Waals surface area (Å²) in [5.41, 5.74) is 0.634. The summed E-state index contributed by atoms with van der Waals surface area (Å²) in [4.78, 5) is 56.1. The number of aromatic nitrogens is 2. The summed E-state index contributed by atoms with van der Waals surface area (Å²) < 4.78 is 0. The molecule has 1 aromatic carbocycles. The number of non-ortho nitro benzene ring substituents is 1. The van der Waals surface area contributed by atoms with Crippen molar-refractivity contribution < 1.29 is 24.4 Å². The van der Waals surface area contributed by atoms with Gasteiger partial charge in [0.15, 0.2) is 5.16 Å². The van der Waals surface area contributed by atoms with Gasteiger partial charge in [-0.1, -0.05) is 23.9 Å². The number of carbonyl (C=O) groups excluding carboxylic acids is 2. The van der Waals surface area contributed by atoms with Crippen LogP contribution in [0.1, 0.15) is 18.9 Å². The normalized spacial score (nSPS) is 19.4. The monoisotopic (exact) mass is 455 g/mol. The first-order valence-electron chi connectivity index (χ1n) is 9.56. The van der Waals surface area contributed by atoms with Gasteiger partial charge in [-0.25, -0.2) is 14.8 Å². The summed E-state index contributed by atoms with van der Waals surface area (Å²) in [6, 6.07) is 7.23. The Morgan fingerprint density at radius 1 is 1.31 bits per heavy atom. The molecule has 164 valence electrons. The molecule has 4 rings (SSSR count). The number of amides is 2. The maximum atomic E-state index is 12.2. The number of hydrogen-bond acceptors (Lipinski definition) is 8. The predicted octanol–water partition coefficient (Wildman–Crippen LogP) is 2.20. The third-order valence-electron chi connectivity index (χ3n) is 5.20. The van der Waals surface area contributed by atoms with E-state index in [1.807, 2.05) is 0 Å². The van der Waals surface area contributed by atoms with E-state index in [9.17, 15) is 29.6 Å². The van der Waals surface area contributed by atoms with E-state index in [0.29, 0.717) is 11.3 Å². The first-order valence-corrected chi connectivity index (χ1v) is 10.4. The lowest BCUT2D eigenvalue weighted by molar-refractivity contribution is -0.384. The maximum absolute atomic E-state index is 12.2. The van der Waals surface area contributed by atoms with E-state index < -0.39 is 10.9 Å². The molecule has 12 heteroatoms. The molecule has 2 aliphatic rings. The number of anilines is 1. The van der Waals surface area contributed by atoms with Gasteiger partial charge in [-0.2, -0.15) is 0 Å². The highest BCUT2D eigenvalue weighted by Crippen LogP contribution is 2.49. The van der Waals surface area contributed by atoms with Crippen molar-refractivity contribution >= 4 is 41.1 Å². The number of fused-ring (bicyclic) bond motifs is 1. The third kappa shape index (κ3) is 4.04. The molecule has 2 aromatic rings. The van der Waals surface area contributed by atoms with Gasteiger partial charge >= 0.3 is 5.97 Å². The number of nitro benzene ring substituents is 1. The van der Waals surface area contributed by atoms with Crippen LogP contribution in [0, 0.1) is 16.0 Å². The van der Waals surface area contributed by atoms with Crippen molar-refractivity contribution in [2.24, 2.45) is 5.92 Å². The van der Waals surface area contributed by atoms with E-state index in [4.69, 9.17) is 0 Å². The highest BCUT2D eigenvalue weighted by atomic mass is 32.2. The number of nitro groups is 1. The number of hydrogen-bond donors (Lipinski definition) is 2. The van der Waals surface area contributed by atoms with Crippen LogP contribution in [-0.4, -0.2) is 48.7 Å². The van der Waals surface area contributed by atoms with Crippen LogP contribution >= 0.6 is 11.8 Å². The van der Waals surface area contributed by atoms with E-state index in [1.54, 1.807) is 12.1 Å². The molecule has 1 saturated heterocycles. The molecule has 3 heterocycles. The van der Waals surface area contributed by atoms with Gasteiger partial charge in [0.25, 0.3) is 5.69 Å². The molecule has 0 spiro atoms. The molecule has 2 N–H and O–H groups in total. The Kier molecular flexibility index (Phi) is 5.61. The van der Waals surface area contributed by atoms with Gasteiger partial charge in [-0.3, -0.25) is 19.7 Å². The van der Waals surface area contributed by atoms with Crippen LogP contribution in [-0.2, 0) is 20.8 Å². The number of aliphatic carboxylic acids is 1. The Hall–Kier alpha value is -3.80. The van der Waals surface area contributed by atoms with E-state index in [1.165, 1.54) is 36.2 Å². The van der Waals surface area contributed by atoms with E-state index in [2.05, 4.69) is 15.3 Å². The zero-order chi connectivity index (χ0) is 23.0. The molecule has 32 heavy (non-hydrogen) atoms. The van der Waals surface area contributed by atoms with Crippen molar-refractivity contribution in [3.05, 3.63) is 62.8 Å². The minimum Gasteiger partial charge on any atom is -0.477 e. The fourth-order valence-electron chi connectivity index (χ4n) is 3.83. The van der Waals surface area contributed by atoms with Crippen molar-refractivity contribution in [1.82, 2.24) is 14.9 Å². The SMILES string of the molecule is CC(=O)Nc1ccnc(SC2=C(C(=O)O)N3C(=O)CC3C2Cc2ccc([N+](=O)[O-])cc2)n1. The molecule has 2 unspecified atom stereocenters. The summed E-state index contributed by atoms with van der Waals surface area (Å²) in [5, 5.41) is 23.5. The van der Waals surface area contributed by atoms with Crippen LogP contribution < -0.4 is 5.32 Å². The molecule has 2 amide bonds. The van der Waals surface area contributed by atoms with Crippen molar-refractivity contribution in [2.45, 2.75) is 31.0 Å². The number of β-lactam (4-membered cyclic amide) rings is 1. The van der Waals surface area contributed by atoms with Crippen LogP contribution in [0.3, 0.4) is 0 Å². The second-order valence-electron chi connectivity index (χ2n) is 7.30. The smallest absolute Gasteiger partial charge is 0.353 e. The lowest BCUT2D eigenvalue weighted by atomic mass is 9.87. The van der Waals surface area contributed by atoms with E-state index in [-0.39, 0.29) is 52.6 Å². The first kappa shape index (κ1) is 21.4. The van der Waals surface area contributed by atoms with Gasteiger partial charge < -0.3 is 15.3 Å². The standard InChI is InChI=1S/C20H17N5O6S/c1-10(26)22-15-6-7-21-20(23-15)32-18-13(8-11-2-4-12(5-3-11)25(30)31)14-9-16(27)24(14)17(18)19(28)29/h2-7,13-14H,8-9H2,1H3,(H,28,29)(H,21,22,23,26). The van der Waals surface area contributed by atoms with Crippen LogP contribution in [0.15, 0.2) is 52.3 Å². The zero-order valence-electron chi connectivity index (χ0n) is 16.7. The van der Waals surface area contributed by atoms with Gasteiger partial charge in [0, 0.05) is 42.5 Å². The number of carbonyl (C=O) groups is 3. The summed E-state index contributed by atoms with van der Waals surface area (Å²) in [7, 11) is 0. The van der Waals surface area contributed by atoms with Gasteiger partial charge in [0.2, 0.25) is 11.8 Å². The van der Waals surface area contributed by atoms with Gasteiger partial charge in [-0.15, -0.1) is 0 Å². The predicted molar refractivity (Wildman–Crippen MR) is 112 cm³/mol. The van der Waals surface area contributed by atoms with E-state index >= 15 is 0 Å². The Morgan fingerprint density at radius 3 is 2.62 bits per heavy atom. The average Bonchev–Trinajstić information content (AvgIpc) is 2.96. The molecule has 0 bridgehead atoms. The molecule has 2 aliphatic heterocycles. The molecule has 2 atom stereocenters.